The third kappa shape index (κ3) is 5.00. The highest BCUT2D eigenvalue weighted by Crippen LogP contribution is 2.22. The zero-order chi connectivity index (χ0) is 17.6. The van der Waals surface area contributed by atoms with Crippen molar-refractivity contribution in [3.05, 3.63) is 35.6 Å². The molecule has 3 N–H and O–H groups in total. The molecule has 1 heterocycles. The van der Waals surface area contributed by atoms with E-state index in [9.17, 15) is 9.18 Å². The number of carbonyl (C=O) groups is 1. The first kappa shape index (κ1) is 18.8. The summed E-state index contributed by atoms with van der Waals surface area (Å²) >= 11 is 0. The molecule has 1 aliphatic heterocycles. The van der Waals surface area contributed by atoms with E-state index in [1.807, 2.05) is 13.0 Å². The Kier molecular flexibility index (Phi) is 6.71. The number of nitrogens with one attached hydrogen (secondary N) is 1. The molecule has 1 aliphatic rings. The highest BCUT2D eigenvalue weighted by atomic mass is 19.1. The predicted molar refractivity (Wildman–Crippen MR) is 92.0 cm³/mol. The van der Waals surface area contributed by atoms with Crippen molar-refractivity contribution in [2.24, 2.45) is 5.73 Å². The molecule has 1 fully saturated rings. The van der Waals surface area contributed by atoms with Gasteiger partial charge in [-0.25, -0.2) is 4.39 Å². The van der Waals surface area contributed by atoms with Crippen molar-refractivity contribution in [1.82, 2.24) is 10.2 Å². The lowest BCUT2D eigenvalue weighted by atomic mass is 9.96. The average Bonchev–Trinajstić information content (AvgIpc) is 2.56. The monoisotopic (exact) mass is 337 g/mol. The lowest BCUT2D eigenvalue weighted by Gasteiger charge is -2.35. The minimum absolute atomic E-state index is 0.0917. The molecule has 2 rings (SSSR count). The van der Waals surface area contributed by atoms with Gasteiger partial charge >= 0.3 is 0 Å². The number of carbonyl (C=O) groups excluding carboxylic acids is 1. The summed E-state index contributed by atoms with van der Waals surface area (Å²) in [6, 6.07) is 6.45. The molecule has 24 heavy (non-hydrogen) atoms. The normalized spacial score (nSPS) is 19.5. The van der Waals surface area contributed by atoms with E-state index in [2.05, 4.69) is 10.2 Å². The molecule has 1 aromatic rings. The number of rotatable bonds is 7. The van der Waals surface area contributed by atoms with Gasteiger partial charge in [0.15, 0.2) is 0 Å². The standard InChI is InChI=1S/C18H28FN3O2/c1-3-7-18(2,20)17(23)21-13-16(22-8-10-24-11-9-22)14-5-4-6-15(19)12-14/h4-6,12,16H,3,7-11,13,20H2,1-2H3,(H,21,23). The van der Waals surface area contributed by atoms with Gasteiger partial charge in [-0.15, -0.1) is 0 Å². The van der Waals surface area contributed by atoms with E-state index >= 15 is 0 Å². The van der Waals surface area contributed by atoms with Crippen molar-refractivity contribution in [3.63, 3.8) is 0 Å². The number of nitrogens with two attached hydrogens (primary N) is 1. The summed E-state index contributed by atoms with van der Waals surface area (Å²) in [7, 11) is 0. The van der Waals surface area contributed by atoms with E-state index in [1.54, 1.807) is 13.0 Å². The van der Waals surface area contributed by atoms with Crippen LogP contribution in [0.3, 0.4) is 0 Å². The van der Waals surface area contributed by atoms with Gasteiger partial charge in [0.2, 0.25) is 5.91 Å². The molecule has 2 atom stereocenters. The first-order valence-corrected chi connectivity index (χ1v) is 8.58. The summed E-state index contributed by atoms with van der Waals surface area (Å²) in [6.07, 6.45) is 1.47. The lowest BCUT2D eigenvalue weighted by Crippen LogP contribution is -2.53. The smallest absolute Gasteiger partial charge is 0.239 e. The van der Waals surface area contributed by atoms with Gasteiger partial charge in [-0.1, -0.05) is 25.5 Å². The second-order valence-corrected chi connectivity index (χ2v) is 6.60. The van der Waals surface area contributed by atoms with Crippen LogP contribution in [0.5, 0.6) is 0 Å². The Hall–Kier alpha value is -1.50. The maximum Gasteiger partial charge on any atom is 0.239 e. The Bertz CT molecular complexity index is 545. The van der Waals surface area contributed by atoms with Gasteiger partial charge in [0.1, 0.15) is 5.82 Å². The van der Waals surface area contributed by atoms with Crippen molar-refractivity contribution in [2.45, 2.75) is 38.3 Å². The molecule has 0 spiro atoms. The lowest BCUT2D eigenvalue weighted by molar-refractivity contribution is -0.126. The van der Waals surface area contributed by atoms with Gasteiger partial charge in [-0.3, -0.25) is 9.69 Å². The van der Waals surface area contributed by atoms with Crippen molar-refractivity contribution < 1.29 is 13.9 Å². The molecule has 2 unspecified atom stereocenters. The summed E-state index contributed by atoms with van der Waals surface area (Å²) in [5.74, 6) is -0.439. The van der Waals surface area contributed by atoms with Crippen LogP contribution in [-0.4, -0.2) is 49.2 Å². The van der Waals surface area contributed by atoms with Crippen molar-refractivity contribution >= 4 is 5.91 Å². The maximum absolute atomic E-state index is 13.6. The zero-order valence-corrected chi connectivity index (χ0v) is 14.6. The number of amides is 1. The molecular weight excluding hydrogens is 309 g/mol. The van der Waals surface area contributed by atoms with Crippen molar-refractivity contribution in [2.75, 3.05) is 32.8 Å². The topological polar surface area (TPSA) is 67.6 Å². The molecule has 0 bridgehead atoms. The average molecular weight is 337 g/mol. The van der Waals surface area contributed by atoms with Crippen LogP contribution in [-0.2, 0) is 9.53 Å². The summed E-state index contributed by atoms with van der Waals surface area (Å²) in [5.41, 5.74) is 6.06. The molecule has 6 heteroatoms. The van der Waals surface area contributed by atoms with Gasteiger partial charge in [0.25, 0.3) is 0 Å². The molecule has 0 saturated carbocycles. The van der Waals surface area contributed by atoms with E-state index in [-0.39, 0.29) is 17.8 Å². The van der Waals surface area contributed by atoms with Crippen LogP contribution < -0.4 is 11.1 Å². The first-order chi connectivity index (χ1) is 11.4. The van der Waals surface area contributed by atoms with Crippen LogP contribution in [0.1, 0.15) is 38.3 Å². The molecule has 5 nitrogen and oxygen atoms in total. The van der Waals surface area contributed by atoms with Crippen LogP contribution >= 0.6 is 0 Å². The minimum Gasteiger partial charge on any atom is -0.379 e. The molecule has 0 aliphatic carbocycles. The molecule has 1 amide bonds. The number of hydrogen-bond donors (Lipinski definition) is 2. The Morgan fingerprint density at radius 1 is 1.46 bits per heavy atom. The molecule has 1 saturated heterocycles. The predicted octanol–water partition coefficient (Wildman–Crippen LogP) is 1.83. The summed E-state index contributed by atoms with van der Waals surface area (Å²) in [4.78, 5) is 14.6. The maximum atomic E-state index is 13.6. The largest absolute Gasteiger partial charge is 0.379 e. The zero-order valence-electron chi connectivity index (χ0n) is 14.6. The van der Waals surface area contributed by atoms with Crippen LogP contribution in [0.4, 0.5) is 4.39 Å². The number of ether oxygens (including phenoxy) is 1. The minimum atomic E-state index is -0.883. The van der Waals surface area contributed by atoms with Crippen LogP contribution in [0.2, 0.25) is 0 Å². The fraction of sp³-hybridized carbons (Fsp3) is 0.611. The number of nitrogens with zero attached hydrogens (tertiary/aromatic N) is 1. The first-order valence-electron chi connectivity index (χ1n) is 8.58. The van der Waals surface area contributed by atoms with Crippen LogP contribution in [0, 0.1) is 5.82 Å². The number of benzene rings is 1. The molecular formula is C18H28FN3O2. The van der Waals surface area contributed by atoms with E-state index in [1.165, 1.54) is 12.1 Å². The SMILES string of the molecule is CCCC(C)(N)C(=O)NCC(c1cccc(F)c1)N1CCOCC1. The van der Waals surface area contributed by atoms with E-state index in [0.717, 1.165) is 25.1 Å². The van der Waals surface area contributed by atoms with E-state index in [0.29, 0.717) is 26.2 Å². The fourth-order valence-electron chi connectivity index (χ4n) is 3.08. The molecule has 134 valence electrons. The van der Waals surface area contributed by atoms with Gasteiger partial charge in [-0.05, 0) is 31.0 Å². The highest BCUT2D eigenvalue weighted by Gasteiger charge is 2.29. The highest BCUT2D eigenvalue weighted by molar-refractivity contribution is 5.85. The number of halogens is 1. The Labute approximate surface area is 143 Å². The third-order valence-corrected chi connectivity index (χ3v) is 4.46. The summed E-state index contributed by atoms with van der Waals surface area (Å²) in [6.45, 7) is 6.95. The Morgan fingerprint density at radius 2 is 2.17 bits per heavy atom. The second-order valence-electron chi connectivity index (χ2n) is 6.60. The Morgan fingerprint density at radius 3 is 2.79 bits per heavy atom. The molecule has 0 radical (unpaired) electrons. The van der Waals surface area contributed by atoms with Gasteiger partial charge < -0.3 is 15.8 Å². The number of hydrogen-bond acceptors (Lipinski definition) is 4. The van der Waals surface area contributed by atoms with Gasteiger partial charge in [0.05, 0.1) is 24.8 Å². The quantitative estimate of drug-likeness (QED) is 0.797. The number of morpholine rings is 1. The second kappa shape index (κ2) is 8.55. The van der Waals surface area contributed by atoms with E-state index < -0.39 is 5.54 Å². The summed E-state index contributed by atoms with van der Waals surface area (Å²) < 4.78 is 19.0. The van der Waals surface area contributed by atoms with Crippen LogP contribution in [0.25, 0.3) is 0 Å². The van der Waals surface area contributed by atoms with Gasteiger partial charge in [-0.2, -0.15) is 0 Å². The molecule has 0 aromatic heterocycles. The summed E-state index contributed by atoms with van der Waals surface area (Å²) in [5, 5.41) is 2.95. The van der Waals surface area contributed by atoms with Gasteiger partial charge in [0, 0.05) is 19.6 Å². The van der Waals surface area contributed by atoms with E-state index in [4.69, 9.17) is 10.5 Å². The Balaban J connectivity index is 2.10. The third-order valence-electron chi connectivity index (χ3n) is 4.46. The van der Waals surface area contributed by atoms with Crippen molar-refractivity contribution in [1.29, 1.82) is 0 Å². The van der Waals surface area contributed by atoms with Crippen molar-refractivity contribution in [3.8, 4) is 0 Å². The molecule has 1 aromatic carbocycles. The fourth-order valence-corrected chi connectivity index (χ4v) is 3.08. The van der Waals surface area contributed by atoms with Crippen LogP contribution in [0.15, 0.2) is 24.3 Å².